The van der Waals surface area contributed by atoms with E-state index in [1.807, 2.05) is 6.92 Å². The molecule has 0 unspecified atom stereocenters. The van der Waals surface area contributed by atoms with Gasteiger partial charge in [0.1, 0.15) is 17.1 Å². The van der Waals surface area contributed by atoms with E-state index in [9.17, 15) is 4.79 Å². The summed E-state index contributed by atoms with van der Waals surface area (Å²) < 4.78 is 5.45. The largest absolute Gasteiger partial charge is 0.477 e. The van der Waals surface area contributed by atoms with Crippen molar-refractivity contribution < 1.29 is 14.3 Å². The molecule has 2 heterocycles. The molecule has 0 aromatic carbocycles. The van der Waals surface area contributed by atoms with E-state index in [4.69, 9.17) is 9.52 Å². The predicted molar refractivity (Wildman–Crippen MR) is 65.2 cm³/mol. The Morgan fingerprint density at radius 2 is 2.11 bits per heavy atom. The van der Waals surface area contributed by atoms with E-state index >= 15 is 0 Å². The lowest BCUT2D eigenvalue weighted by molar-refractivity contribution is 0.0697. The standard InChI is InChI=1S/C12H13N3O3/c1-7-4-5-10(18-7)15(3)11-9(12(16)17)6-13-8(2)14-11/h4-6H,1-3H3,(H,16,17). The number of nitrogens with zero attached hydrogens (tertiary/aromatic N) is 3. The van der Waals surface area contributed by atoms with E-state index in [-0.39, 0.29) is 5.56 Å². The molecule has 18 heavy (non-hydrogen) atoms. The van der Waals surface area contributed by atoms with Crippen molar-refractivity contribution in [2.75, 3.05) is 11.9 Å². The third kappa shape index (κ3) is 2.17. The summed E-state index contributed by atoms with van der Waals surface area (Å²) in [6, 6.07) is 3.57. The fourth-order valence-electron chi connectivity index (χ4n) is 1.57. The van der Waals surface area contributed by atoms with Crippen LogP contribution >= 0.6 is 0 Å². The van der Waals surface area contributed by atoms with Gasteiger partial charge in [0, 0.05) is 19.3 Å². The number of anilines is 2. The fraction of sp³-hybridized carbons (Fsp3) is 0.250. The monoisotopic (exact) mass is 247 g/mol. The van der Waals surface area contributed by atoms with Crippen molar-refractivity contribution in [2.45, 2.75) is 13.8 Å². The highest BCUT2D eigenvalue weighted by Gasteiger charge is 2.19. The Hall–Kier alpha value is -2.37. The van der Waals surface area contributed by atoms with Crippen LogP contribution in [0.1, 0.15) is 21.9 Å². The molecule has 2 aromatic heterocycles. The van der Waals surface area contributed by atoms with Gasteiger partial charge in [-0.1, -0.05) is 0 Å². The zero-order valence-electron chi connectivity index (χ0n) is 10.3. The number of furan rings is 1. The van der Waals surface area contributed by atoms with Crippen LogP contribution in [0.2, 0.25) is 0 Å². The first-order valence-electron chi connectivity index (χ1n) is 5.36. The van der Waals surface area contributed by atoms with Gasteiger partial charge in [0.2, 0.25) is 5.88 Å². The molecular formula is C12H13N3O3. The van der Waals surface area contributed by atoms with Crippen LogP contribution in [-0.4, -0.2) is 28.1 Å². The SMILES string of the molecule is Cc1ncc(C(=O)O)c(N(C)c2ccc(C)o2)n1. The van der Waals surface area contributed by atoms with Crippen LogP contribution in [-0.2, 0) is 0 Å². The molecule has 6 heteroatoms. The van der Waals surface area contributed by atoms with Crippen molar-refractivity contribution in [3.05, 3.63) is 35.5 Å². The van der Waals surface area contributed by atoms with Crippen molar-refractivity contribution in [2.24, 2.45) is 0 Å². The number of aromatic carboxylic acids is 1. The van der Waals surface area contributed by atoms with Crippen LogP contribution in [0, 0.1) is 13.8 Å². The predicted octanol–water partition coefficient (Wildman–Crippen LogP) is 2.15. The minimum atomic E-state index is -1.07. The number of carboxylic acids is 1. The van der Waals surface area contributed by atoms with E-state index in [1.54, 1.807) is 31.0 Å². The highest BCUT2D eigenvalue weighted by Crippen LogP contribution is 2.26. The maximum Gasteiger partial charge on any atom is 0.341 e. The quantitative estimate of drug-likeness (QED) is 0.895. The van der Waals surface area contributed by atoms with E-state index in [0.717, 1.165) is 5.76 Å². The Labute approximate surface area is 104 Å². The topological polar surface area (TPSA) is 79.5 Å². The molecule has 0 amide bonds. The molecule has 0 spiro atoms. The molecule has 0 aliphatic carbocycles. The second kappa shape index (κ2) is 4.48. The average molecular weight is 247 g/mol. The molecule has 6 nitrogen and oxygen atoms in total. The Bertz CT molecular complexity index is 592. The Balaban J connectivity index is 2.49. The van der Waals surface area contributed by atoms with Crippen molar-refractivity contribution in [3.8, 4) is 0 Å². The summed E-state index contributed by atoms with van der Waals surface area (Å²) in [6.07, 6.45) is 1.30. The normalized spacial score (nSPS) is 10.4. The minimum absolute atomic E-state index is 0.0390. The number of aryl methyl sites for hydroxylation is 2. The number of carbonyl (C=O) groups is 1. The molecule has 0 aliphatic rings. The molecule has 2 aromatic rings. The number of hydrogen-bond donors (Lipinski definition) is 1. The number of rotatable bonds is 3. The minimum Gasteiger partial charge on any atom is -0.477 e. The van der Waals surface area contributed by atoms with Crippen molar-refractivity contribution in [1.82, 2.24) is 9.97 Å². The van der Waals surface area contributed by atoms with Gasteiger partial charge in [-0.3, -0.25) is 4.90 Å². The number of aromatic nitrogens is 2. The molecule has 0 saturated heterocycles. The lowest BCUT2D eigenvalue weighted by Gasteiger charge is -2.17. The Morgan fingerprint density at radius 1 is 1.39 bits per heavy atom. The molecule has 0 atom stereocenters. The fourth-order valence-corrected chi connectivity index (χ4v) is 1.57. The summed E-state index contributed by atoms with van der Waals surface area (Å²) in [5, 5.41) is 9.12. The summed E-state index contributed by atoms with van der Waals surface area (Å²) in [5.41, 5.74) is 0.0390. The third-order valence-electron chi connectivity index (χ3n) is 2.49. The van der Waals surface area contributed by atoms with Crippen LogP contribution in [0.5, 0.6) is 0 Å². The third-order valence-corrected chi connectivity index (χ3v) is 2.49. The lowest BCUT2D eigenvalue weighted by Crippen LogP contribution is -2.16. The highest BCUT2D eigenvalue weighted by molar-refractivity contribution is 5.93. The molecule has 94 valence electrons. The molecule has 0 saturated carbocycles. The van der Waals surface area contributed by atoms with Gasteiger partial charge in [0.05, 0.1) is 0 Å². The van der Waals surface area contributed by atoms with Gasteiger partial charge in [-0.05, 0) is 19.9 Å². The Kier molecular flexibility index (Phi) is 3.01. The molecule has 0 aliphatic heterocycles. The highest BCUT2D eigenvalue weighted by atomic mass is 16.4. The molecular weight excluding hydrogens is 234 g/mol. The molecule has 0 radical (unpaired) electrons. The first-order chi connectivity index (χ1) is 8.49. The van der Waals surface area contributed by atoms with Crippen molar-refractivity contribution >= 4 is 17.7 Å². The van der Waals surface area contributed by atoms with E-state index in [2.05, 4.69) is 9.97 Å². The van der Waals surface area contributed by atoms with Crippen LogP contribution < -0.4 is 4.90 Å². The second-order valence-corrected chi connectivity index (χ2v) is 3.90. The van der Waals surface area contributed by atoms with Crippen LogP contribution in [0.25, 0.3) is 0 Å². The van der Waals surface area contributed by atoms with Gasteiger partial charge >= 0.3 is 5.97 Å². The average Bonchev–Trinajstić information content (AvgIpc) is 2.74. The number of hydrogen-bond acceptors (Lipinski definition) is 5. The summed E-state index contributed by atoms with van der Waals surface area (Å²) in [6.45, 7) is 3.52. The molecule has 0 fully saturated rings. The summed E-state index contributed by atoms with van der Waals surface area (Å²) in [4.78, 5) is 20.8. The van der Waals surface area contributed by atoms with E-state index < -0.39 is 5.97 Å². The maximum atomic E-state index is 11.1. The second-order valence-electron chi connectivity index (χ2n) is 3.90. The molecule has 0 bridgehead atoms. The summed E-state index contributed by atoms with van der Waals surface area (Å²) in [5.74, 6) is 1.03. The van der Waals surface area contributed by atoms with Crippen molar-refractivity contribution in [1.29, 1.82) is 0 Å². The van der Waals surface area contributed by atoms with Gasteiger partial charge in [-0.25, -0.2) is 14.8 Å². The lowest BCUT2D eigenvalue weighted by atomic mass is 10.3. The molecule has 2 rings (SSSR count). The number of carboxylic acid groups (broad SMARTS) is 1. The van der Waals surface area contributed by atoms with Crippen LogP contribution in [0.3, 0.4) is 0 Å². The smallest absolute Gasteiger partial charge is 0.341 e. The van der Waals surface area contributed by atoms with Crippen LogP contribution in [0.15, 0.2) is 22.7 Å². The van der Waals surface area contributed by atoms with Gasteiger partial charge in [0.25, 0.3) is 0 Å². The first kappa shape index (κ1) is 12.1. The Morgan fingerprint density at radius 3 is 2.67 bits per heavy atom. The van der Waals surface area contributed by atoms with Gasteiger partial charge in [0.15, 0.2) is 5.82 Å². The first-order valence-corrected chi connectivity index (χ1v) is 5.36. The zero-order valence-corrected chi connectivity index (χ0v) is 10.3. The maximum absolute atomic E-state index is 11.1. The van der Waals surface area contributed by atoms with Gasteiger partial charge < -0.3 is 9.52 Å². The zero-order chi connectivity index (χ0) is 13.3. The van der Waals surface area contributed by atoms with E-state index in [1.165, 1.54) is 6.20 Å². The van der Waals surface area contributed by atoms with Crippen LogP contribution in [0.4, 0.5) is 11.7 Å². The summed E-state index contributed by atoms with van der Waals surface area (Å²) in [7, 11) is 1.70. The van der Waals surface area contributed by atoms with Gasteiger partial charge in [-0.2, -0.15) is 0 Å². The van der Waals surface area contributed by atoms with Gasteiger partial charge in [-0.15, -0.1) is 0 Å². The molecule has 1 N–H and O–H groups in total. The van der Waals surface area contributed by atoms with Crippen molar-refractivity contribution in [3.63, 3.8) is 0 Å². The summed E-state index contributed by atoms with van der Waals surface area (Å²) >= 11 is 0. The van der Waals surface area contributed by atoms with E-state index in [0.29, 0.717) is 17.5 Å².